The Morgan fingerprint density at radius 1 is 1.47 bits per heavy atom. The number of ether oxygens (including phenoxy) is 2. The van der Waals surface area contributed by atoms with Crippen molar-refractivity contribution >= 4 is 11.7 Å². The molecular weight excluding hydrogens is 248 g/mol. The SMILES string of the molecule is COC(=O)c1ncn(CCOc2cccc(N)c2)n1. The lowest BCUT2D eigenvalue weighted by molar-refractivity contribution is 0.0586. The predicted octanol–water partition coefficient (Wildman–Crippen LogP) is 0.726. The molecule has 100 valence electrons. The lowest BCUT2D eigenvalue weighted by atomic mass is 10.3. The van der Waals surface area contributed by atoms with Crippen LogP contribution in [0.3, 0.4) is 0 Å². The summed E-state index contributed by atoms with van der Waals surface area (Å²) in [5, 5.41) is 3.96. The normalized spacial score (nSPS) is 10.2. The molecule has 2 N–H and O–H groups in total. The summed E-state index contributed by atoms with van der Waals surface area (Å²) < 4.78 is 11.5. The topological polar surface area (TPSA) is 92.3 Å². The van der Waals surface area contributed by atoms with Crippen molar-refractivity contribution in [2.45, 2.75) is 6.54 Å². The van der Waals surface area contributed by atoms with Crippen LogP contribution in [-0.4, -0.2) is 34.5 Å². The molecule has 7 nitrogen and oxygen atoms in total. The maximum absolute atomic E-state index is 11.2. The van der Waals surface area contributed by atoms with Crippen LogP contribution in [0.1, 0.15) is 10.6 Å². The van der Waals surface area contributed by atoms with Crippen LogP contribution in [0.15, 0.2) is 30.6 Å². The number of methoxy groups -OCH3 is 1. The molecule has 2 rings (SSSR count). The summed E-state index contributed by atoms with van der Waals surface area (Å²) in [4.78, 5) is 15.0. The van der Waals surface area contributed by atoms with Gasteiger partial charge in [-0.3, -0.25) is 0 Å². The smallest absolute Gasteiger partial charge is 0.377 e. The van der Waals surface area contributed by atoms with Gasteiger partial charge >= 0.3 is 5.97 Å². The molecule has 0 spiro atoms. The minimum atomic E-state index is -0.560. The molecule has 1 aromatic carbocycles. The summed E-state index contributed by atoms with van der Waals surface area (Å²) in [6.07, 6.45) is 1.45. The number of esters is 1. The van der Waals surface area contributed by atoms with Gasteiger partial charge in [0.25, 0.3) is 5.82 Å². The third-order valence-electron chi connectivity index (χ3n) is 2.35. The van der Waals surface area contributed by atoms with Gasteiger partial charge < -0.3 is 15.2 Å². The van der Waals surface area contributed by atoms with Crippen LogP contribution in [0.25, 0.3) is 0 Å². The lowest BCUT2D eigenvalue weighted by Gasteiger charge is -2.06. The molecule has 0 amide bonds. The van der Waals surface area contributed by atoms with Crippen molar-refractivity contribution in [3.63, 3.8) is 0 Å². The lowest BCUT2D eigenvalue weighted by Crippen LogP contribution is -2.10. The Balaban J connectivity index is 1.86. The van der Waals surface area contributed by atoms with Gasteiger partial charge in [0, 0.05) is 11.8 Å². The Hall–Kier alpha value is -2.57. The highest BCUT2D eigenvalue weighted by Gasteiger charge is 2.10. The minimum absolute atomic E-state index is 0.0338. The van der Waals surface area contributed by atoms with Crippen LogP contribution in [0.2, 0.25) is 0 Å². The van der Waals surface area contributed by atoms with Crippen LogP contribution < -0.4 is 10.5 Å². The molecule has 0 atom stereocenters. The number of nitrogens with two attached hydrogens (primary N) is 1. The molecule has 0 radical (unpaired) electrons. The first-order chi connectivity index (χ1) is 9.19. The van der Waals surface area contributed by atoms with Gasteiger partial charge in [0.05, 0.1) is 13.7 Å². The zero-order valence-electron chi connectivity index (χ0n) is 10.4. The van der Waals surface area contributed by atoms with Gasteiger partial charge in [-0.1, -0.05) is 6.07 Å². The third-order valence-corrected chi connectivity index (χ3v) is 2.35. The first-order valence-electron chi connectivity index (χ1n) is 5.65. The fraction of sp³-hybridized carbons (Fsp3) is 0.250. The van der Waals surface area contributed by atoms with Gasteiger partial charge in [-0.25, -0.2) is 14.5 Å². The molecule has 0 aliphatic carbocycles. The zero-order valence-corrected chi connectivity index (χ0v) is 10.4. The largest absolute Gasteiger partial charge is 0.492 e. The van der Waals surface area contributed by atoms with Gasteiger partial charge in [0.1, 0.15) is 18.7 Å². The molecule has 0 fully saturated rings. The van der Waals surface area contributed by atoms with E-state index in [0.717, 1.165) is 0 Å². The molecule has 0 aliphatic heterocycles. The summed E-state index contributed by atoms with van der Waals surface area (Å²) in [6, 6.07) is 7.15. The summed E-state index contributed by atoms with van der Waals surface area (Å²) in [5.74, 6) is 0.162. The fourth-order valence-electron chi connectivity index (χ4n) is 1.45. The Bertz CT molecular complexity index is 568. The quantitative estimate of drug-likeness (QED) is 0.630. The van der Waals surface area contributed by atoms with Gasteiger partial charge in [-0.2, -0.15) is 0 Å². The molecule has 0 unspecified atom stereocenters. The van der Waals surface area contributed by atoms with E-state index in [2.05, 4.69) is 14.8 Å². The molecular formula is C12H14N4O3. The highest BCUT2D eigenvalue weighted by Crippen LogP contribution is 2.14. The molecule has 7 heteroatoms. The van der Waals surface area contributed by atoms with Crippen LogP contribution in [-0.2, 0) is 11.3 Å². The number of carbonyl (C=O) groups excluding carboxylic acids is 1. The number of anilines is 1. The molecule has 0 saturated carbocycles. The monoisotopic (exact) mass is 262 g/mol. The molecule has 2 aromatic rings. The van der Waals surface area contributed by atoms with Crippen LogP contribution in [0.5, 0.6) is 5.75 Å². The number of carbonyl (C=O) groups is 1. The van der Waals surface area contributed by atoms with E-state index in [1.807, 2.05) is 12.1 Å². The fourth-order valence-corrected chi connectivity index (χ4v) is 1.45. The second-order valence-electron chi connectivity index (χ2n) is 3.74. The zero-order chi connectivity index (χ0) is 13.7. The number of hydrogen-bond donors (Lipinski definition) is 1. The number of nitrogens with zero attached hydrogens (tertiary/aromatic N) is 3. The van der Waals surface area contributed by atoms with Crippen LogP contribution >= 0.6 is 0 Å². The van der Waals surface area contributed by atoms with E-state index in [1.165, 1.54) is 18.1 Å². The van der Waals surface area contributed by atoms with Crippen molar-refractivity contribution in [2.24, 2.45) is 0 Å². The van der Waals surface area contributed by atoms with Crippen molar-refractivity contribution in [2.75, 3.05) is 19.5 Å². The van der Waals surface area contributed by atoms with E-state index in [-0.39, 0.29) is 5.82 Å². The number of rotatable bonds is 5. The van der Waals surface area contributed by atoms with E-state index >= 15 is 0 Å². The van der Waals surface area contributed by atoms with Crippen molar-refractivity contribution in [3.05, 3.63) is 36.4 Å². The molecule has 19 heavy (non-hydrogen) atoms. The maximum atomic E-state index is 11.2. The summed E-state index contributed by atoms with van der Waals surface area (Å²) in [5.41, 5.74) is 6.28. The Morgan fingerprint density at radius 3 is 3.05 bits per heavy atom. The minimum Gasteiger partial charge on any atom is -0.492 e. The van der Waals surface area contributed by atoms with E-state index in [4.69, 9.17) is 10.5 Å². The number of aromatic nitrogens is 3. The highest BCUT2D eigenvalue weighted by atomic mass is 16.5. The van der Waals surface area contributed by atoms with Crippen LogP contribution in [0, 0.1) is 0 Å². The van der Waals surface area contributed by atoms with Gasteiger partial charge in [-0.05, 0) is 12.1 Å². The molecule has 1 aromatic heterocycles. The van der Waals surface area contributed by atoms with E-state index in [0.29, 0.717) is 24.6 Å². The van der Waals surface area contributed by atoms with Crippen LogP contribution in [0.4, 0.5) is 5.69 Å². The van der Waals surface area contributed by atoms with E-state index in [1.54, 1.807) is 12.1 Å². The first kappa shape index (κ1) is 12.9. The Labute approximate surface area is 110 Å². The van der Waals surface area contributed by atoms with Gasteiger partial charge in [0.2, 0.25) is 0 Å². The predicted molar refractivity (Wildman–Crippen MR) is 67.7 cm³/mol. The average Bonchev–Trinajstić information content (AvgIpc) is 2.87. The second-order valence-corrected chi connectivity index (χ2v) is 3.74. The van der Waals surface area contributed by atoms with Crippen molar-refractivity contribution in [1.82, 2.24) is 14.8 Å². The van der Waals surface area contributed by atoms with E-state index in [9.17, 15) is 4.79 Å². The molecule has 0 aliphatic rings. The summed E-state index contributed by atoms with van der Waals surface area (Å²) >= 11 is 0. The first-order valence-corrected chi connectivity index (χ1v) is 5.65. The maximum Gasteiger partial charge on any atom is 0.377 e. The average molecular weight is 262 g/mol. The summed E-state index contributed by atoms with van der Waals surface area (Å²) in [6.45, 7) is 0.867. The second kappa shape index (κ2) is 5.85. The van der Waals surface area contributed by atoms with E-state index < -0.39 is 5.97 Å². The van der Waals surface area contributed by atoms with Gasteiger partial charge in [0.15, 0.2) is 0 Å². The Kier molecular flexibility index (Phi) is 3.97. The number of nitrogen functional groups attached to an aromatic ring is 1. The van der Waals surface area contributed by atoms with Crippen molar-refractivity contribution in [3.8, 4) is 5.75 Å². The molecule has 1 heterocycles. The standard InChI is InChI=1S/C12H14N4O3/c1-18-12(17)11-14-8-16(15-11)5-6-19-10-4-2-3-9(13)7-10/h2-4,7-8H,5-6,13H2,1H3. The number of benzene rings is 1. The summed E-state index contributed by atoms with van der Waals surface area (Å²) in [7, 11) is 1.28. The van der Waals surface area contributed by atoms with Crippen molar-refractivity contribution < 1.29 is 14.3 Å². The third kappa shape index (κ3) is 3.44. The molecule has 0 saturated heterocycles. The van der Waals surface area contributed by atoms with Crippen molar-refractivity contribution in [1.29, 1.82) is 0 Å². The highest BCUT2D eigenvalue weighted by molar-refractivity contribution is 5.84. The number of hydrogen-bond acceptors (Lipinski definition) is 6. The van der Waals surface area contributed by atoms with Gasteiger partial charge in [-0.15, -0.1) is 5.10 Å². The Morgan fingerprint density at radius 2 is 2.32 bits per heavy atom. The molecule has 0 bridgehead atoms.